The Labute approximate surface area is 238 Å². The molecule has 0 bridgehead atoms. The van der Waals surface area contributed by atoms with Gasteiger partial charge in [0.05, 0.1) is 27.0 Å². The minimum atomic E-state index is -0.781. The molecule has 0 radical (unpaired) electrons. The summed E-state index contributed by atoms with van der Waals surface area (Å²) < 4.78 is 23.0. The maximum Gasteiger partial charge on any atom is 0.357 e. The van der Waals surface area contributed by atoms with Crippen LogP contribution in [0.4, 0.5) is 5.69 Å². The molecular formula is C29H26BrN3O7. The number of carbonyl (C=O) groups is 3. The van der Waals surface area contributed by atoms with Gasteiger partial charge < -0.3 is 24.3 Å². The third-order valence-corrected chi connectivity index (χ3v) is 6.51. The molecule has 0 aliphatic heterocycles. The van der Waals surface area contributed by atoms with Crippen LogP contribution in [0.25, 0.3) is 16.9 Å². The van der Waals surface area contributed by atoms with Gasteiger partial charge in [-0.25, -0.2) is 14.3 Å². The van der Waals surface area contributed by atoms with Gasteiger partial charge in [-0.1, -0.05) is 35.9 Å². The van der Waals surface area contributed by atoms with Crippen LogP contribution in [0.15, 0.2) is 71.2 Å². The van der Waals surface area contributed by atoms with Crippen LogP contribution in [0, 0.1) is 6.92 Å². The van der Waals surface area contributed by atoms with Crippen molar-refractivity contribution in [2.24, 2.45) is 0 Å². The molecule has 1 N–H and O–H groups in total. The Kier molecular flexibility index (Phi) is 8.85. The summed E-state index contributed by atoms with van der Waals surface area (Å²) in [6, 6.07) is 19.4. The molecular weight excluding hydrogens is 582 g/mol. The zero-order valence-corrected chi connectivity index (χ0v) is 23.8. The average molecular weight is 608 g/mol. The van der Waals surface area contributed by atoms with Crippen LogP contribution < -0.4 is 14.8 Å². The van der Waals surface area contributed by atoms with Crippen molar-refractivity contribution in [2.75, 3.05) is 33.3 Å². The Morgan fingerprint density at radius 3 is 2.20 bits per heavy atom. The molecule has 1 aromatic heterocycles. The van der Waals surface area contributed by atoms with Crippen LogP contribution in [0.5, 0.6) is 11.5 Å². The molecule has 206 valence electrons. The van der Waals surface area contributed by atoms with Gasteiger partial charge in [0.2, 0.25) is 0 Å². The first-order chi connectivity index (χ1) is 19.3. The summed E-state index contributed by atoms with van der Waals surface area (Å²) in [7, 11) is 3.86. The molecule has 0 saturated carbocycles. The highest BCUT2D eigenvalue weighted by Gasteiger charge is 2.32. The largest absolute Gasteiger partial charge is 0.493 e. The number of carbonyl (C=O) groups excluding carboxylic acids is 3. The van der Waals surface area contributed by atoms with Gasteiger partial charge in [-0.2, -0.15) is 5.10 Å². The van der Waals surface area contributed by atoms with Gasteiger partial charge >= 0.3 is 11.9 Å². The quantitative estimate of drug-likeness (QED) is 0.258. The third kappa shape index (κ3) is 5.99. The highest BCUT2D eigenvalue weighted by Crippen LogP contribution is 2.40. The molecule has 40 heavy (non-hydrogen) atoms. The van der Waals surface area contributed by atoms with E-state index in [1.807, 2.05) is 25.1 Å². The molecule has 0 aliphatic rings. The van der Waals surface area contributed by atoms with Gasteiger partial charge in [-0.3, -0.25) is 4.79 Å². The maximum absolute atomic E-state index is 13.0. The van der Waals surface area contributed by atoms with E-state index in [9.17, 15) is 14.4 Å². The van der Waals surface area contributed by atoms with Crippen molar-refractivity contribution in [1.29, 1.82) is 0 Å². The number of para-hydroxylation sites is 1. The van der Waals surface area contributed by atoms with Gasteiger partial charge in [-0.05, 0) is 59.3 Å². The van der Waals surface area contributed by atoms with E-state index < -0.39 is 11.9 Å². The molecule has 4 aromatic rings. The average Bonchev–Trinajstić information content (AvgIpc) is 3.37. The fourth-order valence-corrected chi connectivity index (χ4v) is 4.42. The first-order valence-electron chi connectivity index (χ1n) is 12.0. The van der Waals surface area contributed by atoms with Crippen molar-refractivity contribution in [3.63, 3.8) is 0 Å². The highest BCUT2D eigenvalue weighted by molar-refractivity contribution is 9.10. The smallest absolute Gasteiger partial charge is 0.357 e. The van der Waals surface area contributed by atoms with Crippen LogP contribution in [0.1, 0.15) is 26.4 Å². The zero-order chi connectivity index (χ0) is 28.8. The number of amides is 1. The number of methoxy groups -OCH3 is 3. The number of esters is 2. The summed E-state index contributed by atoms with van der Waals surface area (Å²) in [5, 5.41) is 7.38. The lowest BCUT2D eigenvalue weighted by atomic mass is 10.0. The van der Waals surface area contributed by atoms with Crippen LogP contribution in [-0.4, -0.2) is 55.6 Å². The third-order valence-electron chi connectivity index (χ3n) is 5.86. The van der Waals surface area contributed by atoms with Crippen LogP contribution in [0.3, 0.4) is 0 Å². The normalized spacial score (nSPS) is 10.5. The number of aryl methyl sites for hydroxylation is 1. The van der Waals surface area contributed by atoms with Crippen molar-refractivity contribution >= 4 is 39.5 Å². The summed E-state index contributed by atoms with van der Waals surface area (Å²) in [5.41, 5.74) is 2.61. The van der Waals surface area contributed by atoms with E-state index in [1.54, 1.807) is 48.5 Å². The van der Waals surface area contributed by atoms with Gasteiger partial charge in [-0.15, -0.1) is 0 Å². The Morgan fingerprint density at radius 1 is 0.900 bits per heavy atom. The van der Waals surface area contributed by atoms with Gasteiger partial charge in [0.25, 0.3) is 5.91 Å². The molecule has 0 unspecified atom stereocenters. The van der Waals surface area contributed by atoms with E-state index >= 15 is 0 Å². The summed E-state index contributed by atoms with van der Waals surface area (Å²) in [5.74, 6) is -1.37. The van der Waals surface area contributed by atoms with Gasteiger partial charge in [0.1, 0.15) is 11.3 Å². The maximum atomic E-state index is 13.0. The standard InChI is InChI=1S/C29H26BrN3O7/c1-17-10-12-18(13-11-17)31-24(34)16-40-23-15-21(30)20(14-22(23)37-2)26-25(28(35)38-3)27(29(36)39-4)33(32-26)19-8-6-5-7-9-19/h5-15H,16H2,1-4H3,(H,31,34). The topological polar surface area (TPSA) is 118 Å². The van der Waals surface area contributed by atoms with E-state index in [0.717, 1.165) is 5.56 Å². The fourth-order valence-electron chi connectivity index (χ4n) is 3.91. The van der Waals surface area contributed by atoms with E-state index in [2.05, 4.69) is 26.3 Å². The van der Waals surface area contributed by atoms with Crippen LogP contribution >= 0.6 is 15.9 Å². The lowest BCUT2D eigenvalue weighted by Crippen LogP contribution is -2.20. The second kappa shape index (κ2) is 12.5. The first-order valence-corrected chi connectivity index (χ1v) is 12.8. The molecule has 1 heterocycles. The predicted molar refractivity (Wildman–Crippen MR) is 151 cm³/mol. The Hall–Kier alpha value is -4.64. The Balaban J connectivity index is 1.73. The van der Waals surface area contributed by atoms with E-state index in [4.69, 9.17) is 18.9 Å². The van der Waals surface area contributed by atoms with Gasteiger partial charge in [0, 0.05) is 15.7 Å². The number of hydrogen-bond acceptors (Lipinski definition) is 8. The van der Waals surface area contributed by atoms with E-state index in [-0.39, 0.29) is 41.0 Å². The molecule has 0 fully saturated rings. The molecule has 1 amide bonds. The molecule has 4 rings (SSSR count). The summed E-state index contributed by atoms with van der Waals surface area (Å²) in [6.07, 6.45) is 0. The number of nitrogens with one attached hydrogen (secondary N) is 1. The summed E-state index contributed by atoms with van der Waals surface area (Å²) in [4.78, 5) is 38.3. The molecule has 0 saturated heterocycles. The van der Waals surface area contributed by atoms with Crippen molar-refractivity contribution in [3.05, 3.63) is 88.0 Å². The number of benzene rings is 3. The summed E-state index contributed by atoms with van der Waals surface area (Å²) in [6.45, 7) is 1.68. The number of aromatic nitrogens is 2. The zero-order valence-electron chi connectivity index (χ0n) is 22.2. The van der Waals surface area contributed by atoms with Crippen molar-refractivity contribution < 1.29 is 33.3 Å². The highest BCUT2D eigenvalue weighted by atomic mass is 79.9. The molecule has 10 nitrogen and oxygen atoms in total. The number of ether oxygens (including phenoxy) is 4. The lowest BCUT2D eigenvalue weighted by molar-refractivity contribution is -0.118. The molecule has 11 heteroatoms. The van der Waals surface area contributed by atoms with Crippen molar-refractivity contribution in [3.8, 4) is 28.4 Å². The monoisotopic (exact) mass is 607 g/mol. The van der Waals surface area contributed by atoms with E-state index in [1.165, 1.54) is 26.0 Å². The molecule has 0 aliphatic carbocycles. The van der Waals surface area contributed by atoms with Gasteiger partial charge in [0.15, 0.2) is 23.8 Å². The Bertz CT molecular complexity index is 1550. The van der Waals surface area contributed by atoms with Crippen LogP contribution in [-0.2, 0) is 14.3 Å². The number of nitrogens with zero attached hydrogens (tertiary/aromatic N) is 2. The summed E-state index contributed by atoms with van der Waals surface area (Å²) >= 11 is 3.51. The lowest BCUT2D eigenvalue weighted by Gasteiger charge is -2.14. The minimum absolute atomic E-state index is 0.0906. The minimum Gasteiger partial charge on any atom is -0.493 e. The molecule has 0 atom stereocenters. The van der Waals surface area contributed by atoms with Crippen molar-refractivity contribution in [2.45, 2.75) is 6.92 Å². The molecule has 0 spiro atoms. The second-order valence-electron chi connectivity index (χ2n) is 8.49. The molecule has 3 aromatic carbocycles. The number of rotatable bonds is 9. The predicted octanol–water partition coefficient (Wildman–Crippen LogP) is 5.21. The number of anilines is 1. The van der Waals surface area contributed by atoms with Crippen molar-refractivity contribution in [1.82, 2.24) is 9.78 Å². The Morgan fingerprint density at radius 2 is 1.57 bits per heavy atom. The number of hydrogen-bond donors (Lipinski definition) is 1. The fraction of sp³-hybridized carbons (Fsp3) is 0.172. The first kappa shape index (κ1) is 28.4. The van der Waals surface area contributed by atoms with Crippen LogP contribution in [0.2, 0.25) is 0 Å². The SMILES string of the molecule is COC(=O)c1c(-c2cc(OC)c(OCC(=O)Nc3ccc(C)cc3)cc2Br)nn(-c2ccccc2)c1C(=O)OC. The second-order valence-corrected chi connectivity index (χ2v) is 9.34. The van der Waals surface area contributed by atoms with E-state index in [0.29, 0.717) is 21.4 Å². The number of halogens is 1.